The molecule has 0 aliphatic heterocycles. The van der Waals surface area contributed by atoms with Crippen LogP contribution in [0.3, 0.4) is 0 Å². The van der Waals surface area contributed by atoms with Crippen molar-refractivity contribution >= 4 is 0 Å². The molecule has 3 aromatic rings. The highest BCUT2D eigenvalue weighted by Crippen LogP contribution is 2.28. The van der Waals surface area contributed by atoms with Crippen LogP contribution in [0, 0.1) is 5.82 Å². The van der Waals surface area contributed by atoms with Gasteiger partial charge in [0.2, 0.25) is 0 Å². The van der Waals surface area contributed by atoms with Crippen LogP contribution in [0.15, 0.2) is 59.1 Å². The van der Waals surface area contributed by atoms with E-state index in [9.17, 15) is 4.39 Å². The molecule has 20 heavy (non-hydrogen) atoms. The number of halogens is 1. The maximum absolute atomic E-state index is 13.7. The highest BCUT2D eigenvalue weighted by atomic mass is 19.1. The second-order valence-electron chi connectivity index (χ2n) is 4.29. The number of benzene rings is 2. The molecule has 0 aliphatic carbocycles. The van der Waals surface area contributed by atoms with Crippen LogP contribution in [0.2, 0.25) is 0 Å². The molecule has 0 N–H and O–H groups in total. The molecule has 0 amide bonds. The third-order valence-corrected chi connectivity index (χ3v) is 3.02. The Morgan fingerprint density at radius 1 is 1.00 bits per heavy atom. The minimum absolute atomic E-state index is 0.209. The van der Waals surface area contributed by atoms with Gasteiger partial charge in [0.15, 0.2) is 17.3 Å². The minimum Gasteiger partial charge on any atom is -0.494 e. The number of nitrogens with zero attached hydrogens (tertiary/aromatic N) is 1. The van der Waals surface area contributed by atoms with E-state index in [1.165, 1.54) is 13.2 Å². The van der Waals surface area contributed by atoms with Gasteiger partial charge in [0, 0.05) is 17.2 Å². The summed E-state index contributed by atoms with van der Waals surface area (Å²) in [5.74, 6) is 0.437. The zero-order chi connectivity index (χ0) is 13.9. The first kappa shape index (κ1) is 12.4. The van der Waals surface area contributed by atoms with Crippen LogP contribution in [0.25, 0.3) is 22.6 Å². The van der Waals surface area contributed by atoms with Crippen molar-refractivity contribution in [2.24, 2.45) is 0 Å². The summed E-state index contributed by atoms with van der Waals surface area (Å²) in [5.41, 5.74) is 2.17. The van der Waals surface area contributed by atoms with Crippen molar-refractivity contribution in [3.8, 4) is 28.3 Å². The van der Waals surface area contributed by atoms with E-state index in [-0.39, 0.29) is 5.75 Å². The third kappa shape index (κ3) is 2.28. The van der Waals surface area contributed by atoms with Gasteiger partial charge in [0.25, 0.3) is 0 Å². The first-order valence-corrected chi connectivity index (χ1v) is 6.14. The largest absolute Gasteiger partial charge is 0.494 e. The van der Waals surface area contributed by atoms with Gasteiger partial charge in [0.05, 0.1) is 7.11 Å². The van der Waals surface area contributed by atoms with Crippen LogP contribution >= 0.6 is 0 Å². The van der Waals surface area contributed by atoms with Crippen molar-refractivity contribution in [2.45, 2.75) is 0 Å². The van der Waals surface area contributed by atoms with E-state index in [0.717, 1.165) is 5.56 Å². The lowest BCUT2D eigenvalue weighted by molar-refractivity contribution is 0.386. The molecule has 3 nitrogen and oxygen atoms in total. The summed E-state index contributed by atoms with van der Waals surface area (Å²) in [4.78, 5) is 0. The fourth-order valence-corrected chi connectivity index (χ4v) is 1.98. The molecule has 0 atom stereocenters. The van der Waals surface area contributed by atoms with Gasteiger partial charge in [0.1, 0.15) is 5.69 Å². The molecule has 1 heterocycles. The van der Waals surface area contributed by atoms with Gasteiger partial charge in [-0.3, -0.25) is 0 Å². The lowest BCUT2D eigenvalue weighted by Crippen LogP contribution is -1.88. The Morgan fingerprint density at radius 3 is 2.50 bits per heavy atom. The van der Waals surface area contributed by atoms with E-state index in [2.05, 4.69) is 5.16 Å². The monoisotopic (exact) mass is 269 g/mol. The van der Waals surface area contributed by atoms with Crippen LogP contribution in [-0.4, -0.2) is 12.3 Å². The molecule has 3 rings (SSSR count). The molecule has 0 spiro atoms. The summed E-state index contributed by atoms with van der Waals surface area (Å²) in [7, 11) is 1.43. The van der Waals surface area contributed by atoms with Gasteiger partial charge >= 0.3 is 0 Å². The lowest BCUT2D eigenvalue weighted by atomic mass is 10.1. The van der Waals surface area contributed by atoms with Crippen molar-refractivity contribution < 1.29 is 13.7 Å². The summed E-state index contributed by atoms with van der Waals surface area (Å²) < 4.78 is 23.9. The highest BCUT2D eigenvalue weighted by Gasteiger charge is 2.10. The Balaban J connectivity index is 1.96. The summed E-state index contributed by atoms with van der Waals surface area (Å²) in [6.07, 6.45) is 0. The van der Waals surface area contributed by atoms with E-state index < -0.39 is 5.82 Å². The van der Waals surface area contributed by atoms with Gasteiger partial charge in [-0.25, -0.2) is 4.39 Å². The molecule has 0 unspecified atom stereocenters. The molecule has 0 bridgehead atoms. The predicted molar refractivity (Wildman–Crippen MR) is 73.9 cm³/mol. The number of aromatic nitrogens is 1. The van der Waals surface area contributed by atoms with Crippen molar-refractivity contribution in [3.05, 3.63) is 60.4 Å². The van der Waals surface area contributed by atoms with Gasteiger partial charge in [-0.2, -0.15) is 0 Å². The van der Waals surface area contributed by atoms with Gasteiger partial charge in [-0.1, -0.05) is 35.5 Å². The number of methoxy groups -OCH3 is 1. The Kier molecular flexibility index (Phi) is 3.21. The fraction of sp³-hybridized carbons (Fsp3) is 0.0625. The molecule has 1 aromatic heterocycles. The predicted octanol–water partition coefficient (Wildman–Crippen LogP) is 4.16. The first-order valence-electron chi connectivity index (χ1n) is 6.14. The van der Waals surface area contributed by atoms with Crippen LogP contribution < -0.4 is 4.74 Å². The second-order valence-corrected chi connectivity index (χ2v) is 4.29. The summed E-state index contributed by atoms with van der Waals surface area (Å²) >= 11 is 0. The number of ether oxygens (including phenoxy) is 1. The van der Waals surface area contributed by atoms with Crippen molar-refractivity contribution in [2.75, 3.05) is 7.11 Å². The van der Waals surface area contributed by atoms with Gasteiger partial charge in [-0.05, 0) is 18.2 Å². The SMILES string of the molecule is COc1ccc(-c2cc(-c3ccccc3)on2)cc1F. The summed E-state index contributed by atoms with van der Waals surface area (Å²) in [5, 5.41) is 3.98. The Bertz CT molecular complexity index is 722. The molecule has 2 aromatic carbocycles. The smallest absolute Gasteiger partial charge is 0.167 e. The van der Waals surface area contributed by atoms with E-state index in [0.29, 0.717) is 17.0 Å². The quantitative estimate of drug-likeness (QED) is 0.716. The first-order chi connectivity index (χ1) is 9.78. The maximum atomic E-state index is 13.7. The molecule has 0 saturated carbocycles. The van der Waals surface area contributed by atoms with E-state index in [1.54, 1.807) is 18.2 Å². The van der Waals surface area contributed by atoms with Gasteiger partial charge < -0.3 is 9.26 Å². The zero-order valence-electron chi connectivity index (χ0n) is 10.8. The Morgan fingerprint density at radius 2 is 1.80 bits per heavy atom. The second kappa shape index (κ2) is 5.17. The maximum Gasteiger partial charge on any atom is 0.167 e. The van der Waals surface area contributed by atoms with Crippen LogP contribution in [0.4, 0.5) is 4.39 Å². The topological polar surface area (TPSA) is 35.3 Å². The van der Waals surface area contributed by atoms with Gasteiger partial charge in [-0.15, -0.1) is 0 Å². The molecule has 100 valence electrons. The van der Waals surface area contributed by atoms with E-state index >= 15 is 0 Å². The van der Waals surface area contributed by atoms with Crippen molar-refractivity contribution in [1.82, 2.24) is 5.16 Å². The third-order valence-electron chi connectivity index (χ3n) is 3.02. The molecule has 0 radical (unpaired) electrons. The average Bonchev–Trinajstić information content (AvgIpc) is 2.98. The highest BCUT2D eigenvalue weighted by molar-refractivity contribution is 5.67. The summed E-state index contributed by atoms with van der Waals surface area (Å²) in [6, 6.07) is 16.1. The standard InChI is InChI=1S/C16H12FNO2/c1-19-15-8-7-12(9-13(15)17)14-10-16(20-18-14)11-5-3-2-4-6-11/h2-10H,1H3. The molecule has 0 aliphatic rings. The average molecular weight is 269 g/mol. The molecular weight excluding hydrogens is 257 g/mol. The number of rotatable bonds is 3. The minimum atomic E-state index is -0.422. The Labute approximate surface area is 115 Å². The zero-order valence-corrected chi connectivity index (χ0v) is 10.8. The summed E-state index contributed by atoms with van der Waals surface area (Å²) in [6.45, 7) is 0. The van der Waals surface area contributed by atoms with Crippen molar-refractivity contribution in [1.29, 1.82) is 0 Å². The van der Waals surface area contributed by atoms with Crippen LogP contribution in [0.1, 0.15) is 0 Å². The van der Waals surface area contributed by atoms with Crippen LogP contribution in [-0.2, 0) is 0 Å². The molecule has 0 fully saturated rings. The lowest BCUT2D eigenvalue weighted by Gasteiger charge is -2.02. The normalized spacial score (nSPS) is 10.5. The fourth-order valence-electron chi connectivity index (χ4n) is 1.98. The van der Waals surface area contributed by atoms with E-state index in [1.807, 2.05) is 30.3 Å². The van der Waals surface area contributed by atoms with Crippen molar-refractivity contribution in [3.63, 3.8) is 0 Å². The number of hydrogen-bond donors (Lipinski definition) is 0. The Hall–Kier alpha value is -2.62. The van der Waals surface area contributed by atoms with Crippen LogP contribution in [0.5, 0.6) is 5.75 Å². The van der Waals surface area contributed by atoms with E-state index in [4.69, 9.17) is 9.26 Å². The molecule has 4 heteroatoms. The molecular formula is C16H12FNO2. The molecule has 0 saturated heterocycles. The number of hydrogen-bond acceptors (Lipinski definition) is 3.